The standard InChI is InChI=1S/C12H15BrN2O4S/c1-20(18,19)12-4-2-3-10(12)14-11-7-8(15(16)17)5-6-9(11)13/h5-7,10,12,14H,2-4H2,1H3. The van der Waals surface area contributed by atoms with Crippen molar-refractivity contribution in [3.8, 4) is 0 Å². The Labute approximate surface area is 125 Å². The van der Waals surface area contributed by atoms with Gasteiger partial charge in [-0.1, -0.05) is 0 Å². The highest BCUT2D eigenvalue weighted by molar-refractivity contribution is 9.10. The van der Waals surface area contributed by atoms with Gasteiger partial charge in [-0.3, -0.25) is 10.1 Å². The predicted octanol–water partition coefficient (Wildman–Crippen LogP) is 2.73. The molecule has 0 saturated heterocycles. The fourth-order valence-electron chi connectivity index (χ4n) is 2.54. The molecule has 1 aliphatic rings. The van der Waals surface area contributed by atoms with E-state index >= 15 is 0 Å². The average Bonchev–Trinajstić information content (AvgIpc) is 2.79. The molecule has 0 amide bonds. The molecule has 8 heteroatoms. The van der Waals surface area contributed by atoms with Gasteiger partial charge >= 0.3 is 0 Å². The van der Waals surface area contributed by atoms with Gasteiger partial charge in [0.2, 0.25) is 0 Å². The lowest BCUT2D eigenvalue weighted by molar-refractivity contribution is -0.384. The second kappa shape index (κ2) is 5.69. The summed E-state index contributed by atoms with van der Waals surface area (Å²) < 4.78 is 24.2. The maximum atomic E-state index is 11.7. The molecule has 1 aromatic carbocycles. The zero-order chi connectivity index (χ0) is 14.9. The van der Waals surface area contributed by atoms with Gasteiger partial charge < -0.3 is 5.32 Å². The number of rotatable bonds is 4. The first-order valence-corrected chi connectivity index (χ1v) is 8.93. The zero-order valence-corrected chi connectivity index (χ0v) is 13.3. The van der Waals surface area contributed by atoms with E-state index in [-0.39, 0.29) is 11.7 Å². The van der Waals surface area contributed by atoms with E-state index in [1.165, 1.54) is 18.4 Å². The predicted molar refractivity (Wildman–Crippen MR) is 80.7 cm³/mol. The van der Waals surface area contributed by atoms with Crippen LogP contribution in [-0.4, -0.2) is 30.9 Å². The number of non-ortho nitro benzene ring substituents is 1. The second-order valence-corrected chi connectivity index (χ2v) is 8.09. The van der Waals surface area contributed by atoms with Gasteiger partial charge in [0.05, 0.1) is 15.9 Å². The van der Waals surface area contributed by atoms with Crippen LogP contribution in [0, 0.1) is 10.1 Å². The van der Waals surface area contributed by atoms with E-state index in [0.29, 0.717) is 16.6 Å². The van der Waals surface area contributed by atoms with Crippen LogP contribution in [0.25, 0.3) is 0 Å². The Hall–Kier alpha value is -1.15. The van der Waals surface area contributed by atoms with Crippen molar-refractivity contribution in [3.05, 3.63) is 32.8 Å². The third-order valence-corrected chi connectivity index (χ3v) is 5.86. The van der Waals surface area contributed by atoms with Gasteiger partial charge in [0.1, 0.15) is 0 Å². The Balaban J connectivity index is 2.25. The van der Waals surface area contributed by atoms with E-state index in [2.05, 4.69) is 21.2 Å². The number of hydrogen-bond donors (Lipinski definition) is 1. The first-order valence-electron chi connectivity index (χ1n) is 6.18. The topological polar surface area (TPSA) is 89.3 Å². The molecule has 0 heterocycles. The Bertz CT molecular complexity index is 632. The van der Waals surface area contributed by atoms with Crippen LogP contribution in [0.3, 0.4) is 0 Å². The fraction of sp³-hybridized carbons (Fsp3) is 0.500. The maximum Gasteiger partial charge on any atom is 0.271 e. The lowest BCUT2D eigenvalue weighted by Gasteiger charge is -2.21. The van der Waals surface area contributed by atoms with Crippen molar-refractivity contribution in [3.63, 3.8) is 0 Å². The number of sulfone groups is 1. The number of hydrogen-bond acceptors (Lipinski definition) is 5. The Morgan fingerprint density at radius 3 is 2.70 bits per heavy atom. The SMILES string of the molecule is CS(=O)(=O)C1CCCC1Nc1cc([N+](=O)[O-])ccc1Br. The molecule has 110 valence electrons. The van der Waals surface area contributed by atoms with Crippen molar-refractivity contribution in [1.29, 1.82) is 0 Å². The lowest BCUT2D eigenvalue weighted by atomic mass is 10.2. The van der Waals surface area contributed by atoms with Gasteiger partial charge in [0.25, 0.3) is 5.69 Å². The average molecular weight is 363 g/mol. The minimum atomic E-state index is -3.12. The first kappa shape index (κ1) is 15.2. The van der Waals surface area contributed by atoms with E-state index in [4.69, 9.17) is 0 Å². The lowest BCUT2D eigenvalue weighted by Crippen LogP contribution is -2.34. The number of anilines is 1. The molecule has 0 bridgehead atoms. The molecular formula is C12H15BrN2O4S. The highest BCUT2D eigenvalue weighted by atomic mass is 79.9. The molecule has 1 saturated carbocycles. The van der Waals surface area contributed by atoms with Crippen LogP contribution in [0.5, 0.6) is 0 Å². The summed E-state index contributed by atoms with van der Waals surface area (Å²) in [5.74, 6) is 0. The molecule has 1 aliphatic carbocycles. The van der Waals surface area contributed by atoms with Gasteiger partial charge in [-0.25, -0.2) is 8.42 Å². The molecule has 1 N–H and O–H groups in total. The van der Waals surface area contributed by atoms with Crippen molar-refractivity contribution in [2.45, 2.75) is 30.6 Å². The van der Waals surface area contributed by atoms with Crippen LogP contribution in [0.2, 0.25) is 0 Å². The van der Waals surface area contributed by atoms with E-state index < -0.39 is 20.0 Å². The molecule has 1 aromatic rings. The highest BCUT2D eigenvalue weighted by Gasteiger charge is 2.35. The summed E-state index contributed by atoms with van der Waals surface area (Å²) in [7, 11) is -3.12. The minimum Gasteiger partial charge on any atom is -0.380 e. The number of nitro benzene ring substituents is 1. The maximum absolute atomic E-state index is 11.7. The third kappa shape index (κ3) is 3.29. The van der Waals surface area contributed by atoms with Crippen molar-refractivity contribution >= 4 is 37.1 Å². The number of halogens is 1. The molecule has 0 aliphatic heterocycles. The van der Waals surface area contributed by atoms with Gasteiger partial charge in [-0.15, -0.1) is 0 Å². The molecule has 2 atom stereocenters. The monoisotopic (exact) mass is 362 g/mol. The molecule has 1 fully saturated rings. The molecule has 20 heavy (non-hydrogen) atoms. The highest BCUT2D eigenvalue weighted by Crippen LogP contribution is 2.32. The zero-order valence-electron chi connectivity index (χ0n) is 10.9. The van der Waals surface area contributed by atoms with Gasteiger partial charge in [-0.2, -0.15) is 0 Å². The molecular weight excluding hydrogens is 348 g/mol. The Morgan fingerprint density at radius 2 is 2.10 bits per heavy atom. The summed E-state index contributed by atoms with van der Waals surface area (Å²) in [4.78, 5) is 10.3. The molecule has 0 aromatic heterocycles. The smallest absolute Gasteiger partial charge is 0.271 e. The normalized spacial score (nSPS) is 22.7. The van der Waals surface area contributed by atoms with Crippen LogP contribution in [-0.2, 0) is 9.84 Å². The van der Waals surface area contributed by atoms with Crippen LogP contribution in [0.4, 0.5) is 11.4 Å². The number of benzene rings is 1. The summed E-state index contributed by atoms with van der Waals surface area (Å²) in [5, 5.41) is 13.5. The fourth-order valence-corrected chi connectivity index (χ4v) is 4.30. The number of nitrogens with one attached hydrogen (secondary N) is 1. The second-order valence-electron chi connectivity index (χ2n) is 4.97. The number of nitrogens with zero attached hydrogens (tertiary/aromatic N) is 1. The Kier molecular flexibility index (Phi) is 4.33. The summed E-state index contributed by atoms with van der Waals surface area (Å²) in [6.45, 7) is 0. The minimum absolute atomic E-state index is 0.0235. The Morgan fingerprint density at radius 1 is 1.40 bits per heavy atom. The molecule has 0 radical (unpaired) electrons. The van der Waals surface area contributed by atoms with Gasteiger partial charge in [-0.05, 0) is 41.3 Å². The van der Waals surface area contributed by atoms with E-state index in [9.17, 15) is 18.5 Å². The van der Waals surface area contributed by atoms with Crippen LogP contribution < -0.4 is 5.32 Å². The summed E-state index contributed by atoms with van der Waals surface area (Å²) in [6.07, 6.45) is 3.44. The van der Waals surface area contributed by atoms with Gasteiger partial charge in [0, 0.05) is 28.9 Å². The molecule has 0 spiro atoms. The van der Waals surface area contributed by atoms with Crippen LogP contribution >= 0.6 is 15.9 Å². The largest absolute Gasteiger partial charge is 0.380 e. The van der Waals surface area contributed by atoms with Crippen molar-refractivity contribution in [2.24, 2.45) is 0 Å². The van der Waals surface area contributed by atoms with E-state index in [1.807, 2.05) is 0 Å². The summed E-state index contributed by atoms with van der Waals surface area (Å²) in [6, 6.07) is 4.20. The van der Waals surface area contributed by atoms with Crippen molar-refractivity contribution in [2.75, 3.05) is 11.6 Å². The summed E-state index contributed by atoms with van der Waals surface area (Å²) >= 11 is 3.32. The molecule has 6 nitrogen and oxygen atoms in total. The van der Waals surface area contributed by atoms with Crippen molar-refractivity contribution in [1.82, 2.24) is 0 Å². The summed E-state index contributed by atoms with van der Waals surface area (Å²) in [5.41, 5.74) is 0.532. The van der Waals surface area contributed by atoms with E-state index in [0.717, 1.165) is 12.8 Å². The molecule has 2 rings (SSSR count). The number of nitro groups is 1. The molecule has 2 unspecified atom stereocenters. The van der Waals surface area contributed by atoms with Gasteiger partial charge in [0.15, 0.2) is 9.84 Å². The van der Waals surface area contributed by atoms with Crippen LogP contribution in [0.15, 0.2) is 22.7 Å². The van der Waals surface area contributed by atoms with Crippen molar-refractivity contribution < 1.29 is 13.3 Å². The first-order chi connectivity index (χ1) is 9.29. The van der Waals surface area contributed by atoms with E-state index in [1.54, 1.807) is 6.07 Å². The van der Waals surface area contributed by atoms with Crippen LogP contribution in [0.1, 0.15) is 19.3 Å². The quantitative estimate of drug-likeness (QED) is 0.656. The third-order valence-electron chi connectivity index (χ3n) is 3.50.